The van der Waals surface area contributed by atoms with E-state index in [1.807, 2.05) is 13.8 Å². The van der Waals surface area contributed by atoms with Crippen molar-refractivity contribution in [2.75, 3.05) is 0 Å². The lowest BCUT2D eigenvalue weighted by Crippen LogP contribution is -2.59. The van der Waals surface area contributed by atoms with Gasteiger partial charge >= 0.3 is 18.2 Å². The van der Waals surface area contributed by atoms with Crippen molar-refractivity contribution < 1.29 is 38.6 Å². The number of nitrogens with one attached hydrogen (secondary N) is 4. The Labute approximate surface area is 236 Å². The Hall–Kier alpha value is -3.22. The van der Waals surface area contributed by atoms with E-state index in [9.17, 15) is 29.1 Å². The first-order chi connectivity index (χ1) is 18.3. The van der Waals surface area contributed by atoms with Crippen LogP contribution in [0.5, 0.6) is 0 Å². The standard InChI is InChI=1S/C27H47N5O8/c1-10-17(11-2)30-22(34)21(29-15(3)33)18-12-16(23(35)36)13-19(18)31-20(32-25(38)40-27(7,8)9)14-28-24(37)39-26(4,5)6/h14,16-21,31H,10-13H2,1-9H3,(H,29,33)(H,30,34)(H,32,38)(H,35,36)/b28-14+/t16?,18-,19-,20?,21?/m1/s1. The van der Waals surface area contributed by atoms with E-state index in [1.165, 1.54) is 6.92 Å². The van der Waals surface area contributed by atoms with Crippen LogP contribution in [-0.4, -0.2) is 76.8 Å². The Balaban J connectivity index is 3.35. The first-order valence-electron chi connectivity index (χ1n) is 13.7. The molecule has 0 heterocycles. The number of amides is 4. The molecule has 0 aromatic carbocycles. The molecular formula is C27H47N5O8. The summed E-state index contributed by atoms with van der Waals surface area (Å²) in [6.07, 6.45) is -0.113. The van der Waals surface area contributed by atoms with Gasteiger partial charge in [-0.05, 0) is 67.2 Å². The van der Waals surface area contributed by atoms with E-state index in [1.54, 1.807) is 41.5 Å². The van der Waals surface area contributed by atoms with Gasteiger partial charge in [0.25, 0.3) is 0 Å². The zero-order valence-electron chi connectivity index (χ0n) is 25.1. The van der Waals surface area contributed by atoms with Gasteiger partial charge in [0.1, 0.15) is 23.4 Å². The number of alkyl carbamates (subject to hydrolysis) is 1. The Morgan fingerprint density at radius 2 is 1.50 bits per heavy atom. The molecule has 1 aliphatic rings. The van der Waals surface area contributed by atoms with Gasteiger partial charge < -0.3 is 30.5 Å². The number of hydrogen-bond acceptors (Lipinski definition) is 8. The average molecular weight is 570 g/mol. The molecule has 0 spiro atoms. The largest absolute Gasteiger partial charge is 0.481 e. The van der Waals surface area contributed by atoms with Gasteiger partial charge in [-0.15, -0.1) is 0 Å². The molecule has 0 aliphatic heterocycles. The summed E-state index contributed by atoms with van der Waals surface area (Å²) >= 11 is 0. The number of carboxylic acid groups (broad SMARTS) is 1. The predicted molar refractivity (Wildman–Crippen MR) is 149 cm³/mol. The number of aliphatic imine (C=N–C) groups is 1. The molecule has 40 heavy (non-hydrogen) atoms. The van der Waals surface area contributed by atoms with Gasteiger partial charge in [0.2, 0.25) is 11.8 Å². The van der Waals surface area contributed by atoms with Crippen molar-refractivity contribution in [3.05, 3.63) is 0 Å². The van der Waals surface area contributed by atoms with E-state index in [0.29, 0.717) is 12.8 Å². The van der Waals surface area contributed by atoms with Crippen molar-refractivity contribution in [3.8, 4) is 0 Å². The summed E-state index contributed by atoms with van der Waals surface area (Å²) in [4.78, 5) is 65.9. The van der Waals surface area contributed by atoms with Crippen molar-refractivity contribution in [2.24, 2.45) is 16.8 Å². The molecule has 13 heteroatoms. The van der Waals surface area contributed by atoms with Crippen molar-refractivity contribution in [3.63, 3.8) is 0 Å². The maximum Gasteiger partial charge on any atom is 0.433 e. The summed E-state index contributed by atoms with van der Waals surface area (Å²) in [5.74, 6) is -3.39. The van der Waals surface area contributed by atoms with Crippen molar-refractivity contribution in [1.29, 1.82) is 0 Å². The van der Waals surface area contributed by atoms with Gasteiger partial charge in [0, 0.05) is 31.1 Å². The minimum atomic E-state index is -1.09. The number of rotatable bonds is 11. The molecule has 1 rings (SSSR count). The fraction of sp³-hybridized carbons (Fsp3) is 0.778. The highest BCUT2D eigenvalue weighted by atomic mass is 16.6. The highest BCUT2D eigenvalue weighted by Gasteiger charge is 2.45. The minimum Gasteiger partial charge on any atom is -0.481 e. The summed E-state index contributed by atoms with van der Waals surface area (Å²) in [6, 6.07) is -1.82. The van der Waals surface area contributed by atoms with Gasteiger partial charge in [0.15, 0.2) is 0 Å². The maximum atomic E-state index is 13.3. The lowest BCUT2D eigenvalue weighted by Gasteiger charge is -2.32. The number of ether oxygens (including phenoxy) is 2. The van der Waals surface area contributed by atoms with Crippen LogP contribution in [0.15, 0.2) is 4.99 Å². The van der Waals surface area contributed by atoms with Gasteiger partial charge in [-0.2, -0.15) is 4.99 Å². The Morgan fingerprint density at radius 3 is 1.98 bits per heavy atom. The van der Waals surface area contributed by atoms with E-state index >= 15 is 0 Å². The second kappa shape index (κ2) is 15.0. The molecule has 0 radical (unpaired) electrons. The van der Waals surface area contributed by atoms with Gasteiger partial charge in [-0.3, -0.25) is 19.7 Å². The van der Waals surface area contributed by atoms with E-state index in [2.05, 4.69) is 26.3 Å². The zero-order valence-corrected chi connectivity index (χ0v) is 25.1. The maximum absolute atomic E-state index is 13.3. The normalized spacial score (nSPS) is 21.0. The predicted octanol–water partition coefficient (Wildman–Crippen LogP) is 2.72. The molecule has 0 bridgehead atoms. The van der Waals surface area contributed by atoms with Gasteiger partial charge in [-0.1, -0.05) is 13.8 Å². The molecule has 3 unspecified atom stereocenters. The summed E-state index contributed by atoms with van der Waals surface area (Å²) < 4.78 is 10.5. The van der Waals surface area contributed by atoms with E-state index in [4.69, 9.17) is 9.47 Å². The number of hydrogen-bond donors (Lipinski definition) is 5. The molecule has 0 aromatic rings. The molecule has 1 fully saturated rings. The van der Waals surface area contributed by atoms with Crippen LogP contribution in [-0.2, 0) is 23.9 Å². The third kappa shape index (κ3) is 12.8. The highest BCUT2D eigenvalue weighted by molar-refractivity contribution is 5.88. The van der Waals surface area contributed by atoms with Crippen LogP contribution in [0, 0.1) is 11.8 Å². The molecular weight excluding hydrogens is 522 g/mol. The molecule has 228 valence electrons. The van der Waals surface area contributed by atoms with Crippen LogP contribution in [0.25, 0.3) is 0 Å². The first kappa shape index (κ1) is 34.8. The average Bonchev–Trinajstić information content (AvgIpc) is 3.20. The molecule has 0 saturated heterocycles. The number of carboxylic acids is 1. The van der Waals surface area contributed by atoms with Crippen LogP contribution >= 0.6 is 0 Å². The smallest absolute Gasteiger partial charge is 0.433 e. The van der Waals surface area contributed by atoms with Crippen molar-refractivity contribution >= 4 is 36.2 Å². The molecule has 1 saturated carbocycles. The van der Waals surface area contributed by atoms with Crippen LogP contribution in [0.2, 0.25) is 0 Å². The SMILES string of the molecule is CCC(CC)NC(=O)C(NC(C)=O)[C@@H]1CC(C(=O)O)C[C@H]1NC(/C=N/C(=O)OC(C)(C)C)NC(=O)OC(C)(C)C. The van der Waals surface area contributed by atoms with Gasteiger partial charge in [-0.25, -0.2) is 9.59 Å². The zero-order chi connectivity index (χ0) is 30.8. The van der Waals surface area contributed by atoms with E-state index < -0.39 is 71.3 Å². The lowest BCUT2D eigenvalue weighted by atomic mass is 9.92. The number of nitrogens with zero attached hydrogens (tertiary/aromatic N) is 1. The molecule has 4 amide bonds. The van der Waals surface area contributed by atoms with Crippen molar-refractivity contribution in [1.82, 2.24) is 21.3 Å². The summed E-state index contributed by atoms with van der Waals surface area (Å²) in [5.41, 5.74) is -1.61. The fourth-order valence-corrected chi connectivity index (χ4v) is 4.41. The van der Waals surface area contributed by atoms with E-state index in [0.717, 1.165) is 6.21 Å². The van der Waals surface area contributed by atoms with Crippen LogP contribution in [0.3, 0.4) is 0 Å². The van der Waals surface area contributed by atoms with Crippen LogP contribution in [0.1, 0.15) is 88.0 Å². The lowest BCUT2D eigenvalue weighted by molar-refractivity contribution is -0.141. The van der Waals surface area contributed by atoms with Crippen LogP contribution < -0.4 is 21.3 Å². The summed E-state index contributed by atoms with van der Waals surface area (Å²) in [6.45, 7) is 15.2. The molecule has 1 aliphatic carbocycles. The Bertz CT molecular complexity index is 936. The second-order valence-corrected chi connectivity index (χ2v) is 12.0. The van der Waals surface area contributed by atoms with Crippen LogP contribution in [0.4, 0.5) is 9.59 Å². The van der Waals surface area contributed by atoms with E-state index in [-0.39, 0.29) is 18.9 Å². The number of carbonyl (C=O) groups excluding carboxylic acids is 4. The number of carbonyl (C=O) groups is 5. The summed E-state index contributed by atoms with van der Waals surface area (Å²) in [5, 5.41) is 21.1. The Kier molecular flexibility index (Phi) is 13.0. The quantitative estimate of drug-likeness (QED) is 0.184. The molecule has 0 aromatic heterocycles. The molecule has 5 N–H and O–H groups in total. The fourth-order valence-electron chi connectivity index (χ4n) is 4.41. The highest BCUT2D eigenvalue weighted by Crippen LogP contribution is 2.34. The second-order valence-electron chi connectivity index (χ2n) is 12.0. The Morgan fingerprint density at radius 1 is 0.925 bits per heavy atom. The number of aliphatic carboxylic acids is 1. The minimum absolute atomic E-state index is 0.0939. The van der Waals surface area contributed by atoms with Crippen molar-refractivity contribution in [2.45, 2.75) is 123 Å². The summed E-state index contributed by atoms with van der Waals surface area (Å²) in [7, 11) is 0. The third-order valence-electron chi connectivity index (χ3n) is 6.15. The monoisotopic (exact) mass is 569 g/mol. The first-order valence-corrected chi connectivity index (χ1v) is 13.7. The van der Waals surface area contributed by atoms with Gasteiger partial charge in [0.05, 0.1) is 5.92 Å². The molecule has 13 nitrogen and oxygen atoms in total. The topological polar surface area (TPSA) is 185 Å². The molecule has 5 atom stereocenters. The third-order valence-corrected chi connectivity index (χ3v) is 6.15.